The first-order valence-electron chi connectivity index (χ1n) is 8.62. The number of rotatable bonds is 8. The average molecular weight is 446 g/mol. The molecule has 2 aromatic heterocycles. The van der Waals surface area contributed by atoms with Gasteiger partial charge in [0.15, 0.2) is 6.61 Å². The van der Waals surface area contributed by atoms with Gasteiger partial charge in [-0.05, 0) is 48.5 Å². The van der Waals surface area contributed by atoms with Crippen LogP contribution in [0.2, 0.25) is 5.02 Å². The van der Waals surface area contributed by atoms with Crippen LogP contribution in [0.15, 0.2) is 63.6 Å². The number of ether oxygens (including phenoxy) is 2. The molecule has 2 heterocycles. The third-order valence-corrected chi connectivity index (χ3v) is 5.90. The fourth-order valence-corrected chi connectivity index (χ4v) is 4.14. The molecule has 0 fully saturated rings. The molecule has 0 saturated carbocycles. The summed E-state index contributed by atoms with van der Waals surface area (Å²) in [7, 11) is 1.65. The molecule has 0 saturated heterocycles. The zero-order chi connectivity index (χ0) is 20.1. The molecule has 4 aromatic rings. The number of thiazole rings is 1. The normalized spacial score (nSPS) is 10.8. The molecule has 0 N–H and O–H groups in total. The van der Waals surface area contributed by atoms with Crippen LogP contribution in [0, 0.1) is 0 Å². The van der Waals surface area contributed by atoms with E-state index in [1.165, 1.54) is 11.8 Å². The number of nitrogens with zero attached hydrogens (tertiary/aromatic N) is 3. The van der Waals surface area contributed by atoms with Crippen LogP contribution in [0.1, 0.15) is 11.6 Å². The topological polar surface area (TPSA) is 70.3 Å². The maximum absolute atomic E-state index is 5.86. The zero-order valence-electron chi connectivity index (χ0n) is 15.4. The van der Waals surface area contributed by atoms with Gasteiger partial charge in [-0.25, -0.2) is 4.98 Å². The third kappa shape index (κ3) is 5.29. The number of thioether (sulfide) groups is 1. The molecule has 2 aromatic carbocycles. The van der Waals surface area contributed by atoms with Gasteiger partial charge in [-0.2, -0.15) is 0 Å². The van der Waals surface area contributed by atoms with Crippen molar-refractivity contribution in [3.05, 3.63) is 70.5 Å². The van der Waals surface area contributed by atoms with Gasteiger partial charge in [0.2, 0.25) is 0 Å². The van der Waals surface area contributed by atoms with Gasteiger partial charge >= 0.3 is 0 Å². The zero-order valence-corrected chi connectivity index (χ0v) is 17.8. The maximum atomic E-state index is 5.86. The van der Waals surface area contributed by atoms with Crippen molar-refractivity contribution in [2.45, 2.75) is 17.6 Å². The molecule has 0 amide bonds. The minimum atomic E-state index is 0.202. The van der Waals surface area contributed by atoms with Crippen LogP contribution in [0.5, 0.6) is 11.5 Å². The second-order valence-corrected chi connectivity index (χ2v) is 8.09. The van der Waals surface area contributed by atoms with Gasteiger partial charge < -0.3 is 13.9 Å². The number of benzene rings is 2. The van der Waals surface area contributed by atoms with E-state index >= 15 is 0 Å². The highest BCUT2D eigenvalue weighted by Gasteiger charge is 2.10. The van der Waals surface area contributed by atoms with Crippen LogP contribution in [0.3, 0.4) is 0 Å². The number of methoxy groups -OCH3 is 1. The summed E-state index contributed by atoms with van der Waals surface area (Å²) in [6, 6.07) is 15.0. The Balaban J connectivity index is 1.30. The van der Waals surface area contributed by atoms with Gasteiger partial charge in [-0.3, -0.25) is 0 Å². The van der Waals surface area contributed by atoms with Crippen molar-refractivity contribution in [2.24, 2.45) is 0 Å². The van der Waals surface area contributed by atoms with Gasteiger partial charge in [-0.15, -0.1) is 21.5 Å². The number of aromatic nitrogens is 3. The molecule has 6 nitrogen and oxygen atoms in total. The first kappa shape index (κ1) is 19.8. The summed E-state index contributed by atoms with van der Waals surface area (Å²) in [4.78, 5) is 4.67. The van der Waals surface area contributed by atoms with Crippen LogP contribution in [-0.2, 0) is 12.4 Å². The highest BCUT2D eigenvalue weighted by molar-refractivity contribution is 7.98. The quantitative estimate of drug-likeness (QED) is 0.321. The summed E-state index contributed by atoms with van der Waals surface area (Å²) in [5.41, 5.74) is 2.02. The lowest BCUT2D eigenvalue weighted by Gasteiger charge is -2.02. The van der Waals surface area contributed by atoms with Crippen LogP contribution < -0.4 is 9.47 Å². The Bertz CT molecular complexity index is 1070. The van der Waals surface area contributed by atoms with Crippen molar-refractivity contribution < 1.29 is 13.9 Å². The molecule has 0 aliphatic rings. The predicted molar refractivity (Wildman–Crippen MR) is 114 cm³/mol. The highest BCUT2D eigenvalue weighted by Crippen LogP contribution is 2.28. The second-order valence-electron chi connectivity index (χ2n) is 5.87. The van der Waals surface area contributed by atoms with Crippen LogP contribution in [-0.4, -0.2) is 22.3 Å². The van der Waals surface area contributed by atoms with Gasteiger partial charge in [0.1, 0.15) is 16.5 Å². The Labute approximate surface area is 180 Å². The standard InChI is InChI=1S/C20H16ClN3O3S2/c1-25-16-6-2-13(3-7-16)19-22-15(11-28-19)12-29-20-24-23-18(27-20)10-26-17-8-4-14(21)5-9-17/h2-9,11H,10,12H2,1H3. The van der Waals surface area contributed by atoms with E-state index < -0.39 is 0 Å². The summed E-state index contributed by atoms with van der Waals surface area (Å²) in [6.07, 6.45) is 0. The minimum absolute atomic E-state index is 0.202. The number of halogens is 1. The van der Waals surface area contributed by atoms with E-state index in [0.29, 0.717) is 27.6 Å². The second kappa shape index (κ2) is 9.30. The first-order valence-corrected chi connectivity index (χ1v) is 10.9. The average Bonchev–Trinajstić information content (AvgIpc) is 3.41. The van der Waals surface area contributed by atoms with Gasteiger partial charge in [0.05, 0.1) is 12.8 Å². The maximum Gasteiger partial charge on any atom is 0.277 e. The summed E-state index contributed by atoms with van der Waals surface area (Å²) < 4.78 is 16.4. The molecule has 0 aliphatic carbocycles. The van der Waals surface area contributed by atoms with E-state index in [-0.39, 0.29) is 6.61 Å². The van der Waals surface area contributed by atoms with E-state index in [4.69, 9.17) is 25.5 Å². The molecule has 0 atom stereocenters. The fraction of sp³-hybridized carbons (Fsp3) is 0.150. The van der Waals surface area contributed by atoms with Crippen molar-refractivity contribution >= 4 is 34.7 Å². The lowest BCUT2D eigenvalue weighted by Crippen LogP contribution is -1.95. The van der Waals surface area contributed by atoms with E-state index in [1.807, 2.05) is 29.6 Å². The Morgan fingerprint density at radius 3 is 2.55 bits per heavy atom. The van der Waals surface area contributed by atoms with Crippen LogP contribution in [0.25, 0.3) is 10.6 Å². The molecule has 0 bridgehead atoms. The SMILES string of the molecule is COc1ccc(-c2nc(CSc3nnc(COc4ccc(Cl)cc4)o3)cs2)cc1. The highest BCUT2D eigenvalue weighted by atomic mass is 35.5. The first-order chi connectivity index (χ1) is 14.2. The Morgan fingerprint density at radius 1 is 1.03 bits per heavy atom. The number of hydrogen-bond donors (Lipinski definition) is 0. The van der Waals surface area contributed by atoms with Crippen molar-refractivity contribution in [1.29, 1.82) is 0 Å². The van der Waals surface area contributed by atoms with Crippen molar-refractivity contribution in [1.82, 2.24) is 15.2 Å². The van der Waals surface area contributed by atoms with E-state index in [2.05, 4.69) is 15.2 Å². The van der Waals surface area contributed by atoms with E-state index in [9.17, 15) is 0 Å². The third-order valence-electron chi connectivity index (χ3n) is 3.86. The summed E-state index contributed by atoms with van der Waals surface area (Å²) in [6.45, 7) is 0.202. The largest absolute Gasteiger partial charge is 0.497 e. The molecule has 148 valence electrons. The minimum Gasteiger partial charge on any atom is -0.497 e. The Kier molecular flexibility index (Phi) is 6.33. The molecular formula is C20H16ClN3O3S2. The van der Waals surface area contributed by atoms with Crippen molar-refractivity contribution in [3.63, 3.8) is 0 Å². The molecule has 0 spiro atoms. The lowest BCUT2D eigenvalue weighted by molar-refractivity contribution is 0.252. The van der Waals surface area contributed by atoms with E-state index in [1.54, 1.807) is 42.7 Å². The van der Waals surface area contributed by atoms with Gasteiger partial charge in [-0.1, -0.05) is 23.4 Å². The van der Waals surface area contributed by atoms with Crippen molar-refractivity contribution in [3.8, 4) is 22.1 Å². The number of hydrogen-bond acceptors (Lipinski definition) is 8. The smallest absolute Gasteiger partial charge is 0.277 e. The Hall–Kier alpha value is -2.55. The van der Waals surface area contributed by atoms with Gasteiger partial charge in [0.25, 0.3) is 11.1 Å². The molecular weight excluding hydrogens is 430 g/mol. The lowest BCUT2D eigenvalue weighted by atomic mass is 10.2. The molecule has 29 heavy (non-hydrogen) atoms. The summed E-state index contributed by atoms with van der Waals surface area (Å²) >= 11 is 8.90. The van der Waals surface area contributed by atoms with Crippen LogP contribution >= 0.6 is 34.7 Å². The molecule has 0 aliphatic heterocycles. The monoisotopic (exact) mass is 445 g/mol. The molecule has 9 heteroatoms. The van der Waals surface area contributed by atoms with Crippen molar-refractivity contribution in [2.75, 3.05) is 7.11 Å². The van der Waals surface area contributed by atoms with Crippen LogP contribution in [0.4, 0.5) is 0 Å². The predicted octanol–water partition coefficient (Wildman–Crippen LogP) is 5.73. The fourth-order valence-electron chi connectivity index (χ4n) is 2.41. The summed E-state index contributed by atoms with van der Waals surface area (Å²) in [5, 5.41) is 12.2. The molecule has 0 unspecified atom stereocenters. The van der Waals surface area contributed by atoms with E-state index in [0.717, 1.165) is 22.0 Å². The van der Waals surface area contributed by atoms with Gasteiger partial charge in [0, 0.05) is 21.7 Å². The molecule has 4 rings (SSSR count). The Morgan fingerprint density at radius 2 is 1.79 bits per heavy atom. The summed E-state index contributed by atoms with van der Waals surface area (Å²) in [5.74, 6) is 2.58. The molecule has 0 radical (unpaired) electrons.